The number of nitrogens with one attached hydrogen (secondary N) is 1. The van der Waals surface area contributed by atoms with Gasteiger partial charge in [-0.25, -0.2) is 4.79 Å². The lowest BCUT2D eigenvalue weighted by molar-refractivity contribution is -0.119. The number of esters is 1. The van der Waals surface area contributed by atoms with Crippen molar-refractivity contribution in [1.82, 2.24) is 0 Å². The van der Waals surface area contributed by atoms with Crippen LogP contribution in [0.1, 0.15) is 33.6 Å². The zero-order valence-electron chi connectivity index (χ0n) is 14.5. The Balaban J connectivity index is 1.50. The van der Waals surface area contributed by atoms with Crippen molar-refractivity contribution >= 4 is 35.4 Å². The molecule has 0 bridgehead atoms. The van der Waals surface area contributed by atoms with Gasteiger partial charge in [-0.15, -0.1) is 0 Å². The van der Waals surface area contributed by atoms with E-state index in [4.69, 9.17) is 4.74 Å². The summed E-state index contributed by atoms with van der Waals surface area (Å²) in [4.78, 5) is 47.9. The number of amides is 2. The highest BCUT2D eigenvalue weighted by Crippen LogP contribution is 2.23. The van der Waals surface area contributed by atoms with E-state index >= 15 is 0 Å². The van der Waals surface area contributed by atoms with Crippen molar-refractivity contribution in [3.63, 3.8) is 0 Å². The molecule has 27 heavy (non-hydrogen) atoms. The quantitative estimate of drug-likeness (QED) is 0.626. The SMILES string of the molecule is O=Cc1ccc(C(=O)OCC(=O)Nc2ccc(N3CCCC3=O)cc2)cc1. The van der Waals surface area contributed by atoms with Crippen molar-refractivity contribution in [3.05, 3.63) is 59.7 Å². The fraction of sp³-hybridized carbons (Fsp3) is 0.200. The van der Waals surface area contributed by atoms with Gasteiger partial charge in [0.1, 0.15) is 6.29 Å². The molecule has 7 heteroatoms. The Labute approximate surface area is 155 Å². The van der Waals surface area contributed by atoms with Crippen LogP contribution in [0.2, 0.25) is 0 Å². The first-order chi connectivity index (χ1) is 13.1. The number of ether oxygens (including phenoxy) is 1. The lowest BCUT2D eigenvalue weighted by Crippen LogP contribution is -2.23. The summed E-state index contributed by atoms with van der Waals surface area (Å²) >= 11 is 0. The minimum absolute atomic E-state index is 0.0971. The molecule has 0 radical (unpaired) electrons. The van der Waals surface area contributed by atoms with Crippen LogP contribution in [-0.2, 0) is 14.3 Å². The molecule has 0 unspecified atom stereocenters. The number of carbonyl (C=O) groups excluding carboxylic acids is 4. The molecule has 0 atom stereocenters. The molecule has 2 amide bonds. The number of benzene rings is 2. The van der Waals surface area contributed by atoms with Gasteiger partial charge in [0.05, 0.1) is 5.56 Å². The van der Waals surface area contributed by atoms with Crippen molar-refractivity contribution in [2.75, 3.05) is 23.4 Å². The number of anilines is 2. The Morgan fingerprint density at radius 3 is 2.37 bits per heavy atom. The molecule has 1 aliphatic rings. The van der Waals surface area contributed by atoms with E-state index in [2.05, 4.69) is 5.32 Å². The number of carbonyl (C=O) groups is 4. The van der Waals surface area contributed by atoms with E-state index in [1.54, 1.807) is 29.2 Å². The standard InChI is InChI=1S/C20H18N2O5/c23-12-14-3-5-15(6-4-14)20(26)27-13-18(24)21-16-7-9-17(10-8-16)22-11-1-2-19(22)25/h3-10,12H,1-2,11,13H2,(H,21,24). The Kier molecular flexibility index (Phi) is 5.61. The smallest absolute Gasteiger partial charge is 0.338 e. The first-order valence-electron chi connectivity index (χ1n) is 8.49. The summed E-state index contributed by atoms with van der Waals surface area (Å²) in [6.45, 7) is 0.273. The largest absolute Gasteiger partial charge is 0.452 e. The zero-order chi connectivity index (χ0) is 19.2. The summed E-state index contributed by atoms with van der Waals surface area (Å²) < 4.78 is 4.96. The summed E-state index contributed by atoms with van der Waals surface area (Å²) in [5, 5.41) is 2.63. The molecule has 2 aromatic rings. The Bertz CT molecular complexity index is 859. The minimum Gasteiger partial charge on any atom is -0.452 e. The van der Waals surface area contributed by atoms with Crippen LogP contribution >= 0.6 is 0 Å². The van der Waals surface area contributed by atoms with Crippen molar-refractivity contribution in [2.45, 2.75) is 12.8 Å². The van der Waals surface area contributed by atoms with Gasteiger partial charge in [0.25, 0.3) is 5.91 Å². The monoisotopic (exact) mass is 366 g/mol. The van der Waals surface area contributed by atoms with Gasteiger partial charge in [-0.1, -0.05) is 12.1 Å². The lowest BCUT2D eigenvalue weighted by Gasteiger charge is -2.16. The second kappa shape index (κ2) is 8.27. The Morgan fingerprint density at radius 1 is 1.07 bits per heavy atom. The number of rotatable bonds is 6. The number of hydrogen-bond acceptors (Lipinski definition) is 5. The van der Waals surface area contributed by atoms with E-state index in [9.17, 15) is 19.2 Å². The topological polar surface area (TPSA) is 92.8 Å². The molecule has 1 fully saturated rings. The predicted octanol–water partition coefficient (Wildman–Crippen LogP) is 2.42. The molecule has 1 saturated heterocycles. The average molecular weight is 366 g/mol. The van der Waals surface area contributed by atoms with Crippen molar-refractivity contribution in [3.8, 4) is 0 Å². The Morgan fingerprint density at radius 2 is 1.78 bits per heavy atom. The molecule has 138 valence electrons. The van der Waals surface area contributed by atoms with E-state index in [1.807, 2.05) is 0 Å². The van der Waals surface area contributed by atoms with Crippen LogP contribution in [0.5, 0.6) is 0 Å². The maximum absolute atomic E-state index is 11.9. The van der Waals surface area contributed by atoms with Crippen LogP contribution < -0.4 is 10.2 Å². The first kappa shape index (κ1) is 18.3. The summed E-state index contributed by atoms with van der Waals surface area (Å²) in [6, 6.07) is 12.8. The predicted molar refractivity (Wildman–Crippen MR) is 98.8 cm³/mol. The van der Waals surface area contributed by atoms with Crippen LogP contribution in [0, 0.1) is 0 Å². The van der Waals surface area contributed by atoms with Crippen molar-refractivity contribution in [1.29, 1.82) is 0 Å². The number of nitrogens with zero attached hydrogens (tertiary/aromatic N) is 1. The van der Waals surface area contributed by atoms with Gasteiger partial charge in [0.2, 0.25) is 5.91 Å². The summed E-state index contributed by atoms with van der Waals surface area (Å²) in [5.41, 5.74) is 2.04. The number of hydrogen-bond donors (Lipinski definition) is 1. The van der Waals surface area contributed by atoms with Crippen LogP contribution in [0.25, 0.3) is 0 Å². The van der Waals surface area contributed by atoms with Gasteiger partial charge in [-0.2, -0.15) is 0 Å². The molecule has 7 nitrogen and oxygen atoms in total. The van der Waals surface area contributed by atoms with E-state index < -0.39 is 18.5 Å². The van der Waals surface area contributed by atoms with Gasteiger partial charge in [-0.3, -0.25) is 14.4 Å². The molecule has 0 spiro atoms. The number of aldehydes is 1. The molecule has 1 heterocycles. The van der Waals surface area contributed by atoms with Gasteiger partial charge in [0, 0.05) is 29.9 Å². The zero-order valence-corrected chi connectivity index (χ0v) is 14.5. The molecule has 0 saturated carbocycles. The molecular weight excluding hydrogens is 348 g/mol. The molecule has 1 aliphatic heterocycles. The third kappa shape index (κ3) is 4.58. The van der Waals surface area contributed by atoms with Crippen LogP contribution in [-0.4, -0.2) is 37.2 Å². The minimum atomic E-state index is -0.648. The van der Waals surface area contributed by atoms with Crippen LogP contribution in [0.3, 0.4) is 0 Å². The van der Waals surface area contributed by atoms with Crippen molar-refractivity contribution < 1.29 is 23.9 Å². The van der Waals surface area contributed by atoms with E-state index in [0.29, 0.717) is 30.5 Å². The Hall–Kier alpha value is -3.48. The highest BCUT2D eigenvalue weighted by atomic mass is 16.5. The highest BCUT2D eigenvalue weighted by Gasteiger charge is 2.21. The van der Waals surface area contributed by atoms with E-state index in [1.165, 1.54) is 24.3 Å². The summed E-state index contributed by atoms with van der Waals surface area (Å²) in [6.07, 6.45) is 2.08. The average Bonchev–Trinajstić information content (AvgIpc) is 3.12. The molecule has 2 aromatic carbocycles. The molecular formula is C20H18N2O5. The molecule has 0 aliphatic carbocycles. The van der Waals surface area contributed by atoms with Gasteiger partial charge in [-0.05, 0) is 42.8 Å². The first-order valence-corrected chi connectivity index (χ1v) is 8.49. The summed E-state index contributed by atoms with van der Waals surface area (Å²) in [7, 11) is 0. The van der Waals surface area contributed by atoms with Gasteiger partial charge < -0.3 is 15.0 Å². The third-order valence-electron chi connectivity index (χ3n) is 4.15. The van der Waals surface area contributed by atoms with Crippen molar-refractivity contribution in [2.24, 2.45) is 0 Å². The second-order valence-electron chi connectivity index (χ2n) is 6.06. The molecule has 3 rings (SSSR count). The van der Waals surface area contributed by atoms with E-state index in [0.717, 1.165) is 12.1 Å². The van der Waals surface area contributed by atoms with Gasteiger partial charge >= 0.3 is 5.97 Å². The second-order valence-corrected chi connectivity index (χ2v) is 6.06. The lowest BCUT2D eigenvalue weighted by atomic mass is 10.1. The normalized spacial score (nSPS) is 13.3. The fourth-order valence-corrected chi connectivity index (χ4v) is 2.76. The van der Waals surface area contributed by atoms with E-state index in [-0.39, 0.29) is 11.5 Å². The van der Waals surface area contributed by atoms with Crippen LogP contribution in [0.4, 0.5) is 11.4 Å². The summed E-state index contributed by atoms with van der Waals surface area (Å²) in [5.74, 6) is -1.02. The molecule has 1 N–H and O–H groups in total. The maximum atomic E-state index is 11.9. The van der Waals surface area contributed by atoms with Crippen LogP contribution in [0.15, 0.2) is 48.5 Å². The fourth-order valence-electron chi connectivity index (χ4n) is 2.76. The highest BCUT2D eigenvalue weighted by molar-refractivity contribution is 5.97. The third-order valence-corrected chi connectivity index (χ3v) is 4.15. The van der Waals surface area contributed by atoms with Gasteiger partial charge in [0.15, 0.2) is 6.61 Å². The molecule has 0 aromatic heterocycles. The maximum Gasteiger partial charge on any atom is 0.338 e.